The number of amides is 2. The molecule has 160 valence electrons. The Morgan fingerprint density at radius 1 is 1.00 bits per heavy atom. The molecule has 1 unspecified atom stereocenters. The van der Waals surface area contributed by atoms with Crippen molar-refractivity contribution in [3.05, 3.63) is 42.5 Å². The first-order valence-electron chi connectivity index (χ1n) is 9.97. The topological polar surface area (TPSA) is 76.7 Å². The van der Waals surface area contributed by atoms with Crippen LogP contribution in [0.3, 0.4) is 0 Å². The van der Waals surface area contributed by atoms with E-state index in [4.69, 9.17) is 9.47 Å². The lowest BCUT2D eigenvalue weighted by Gasteiger charge is -2.19. The highest BCUT2D eigenvalue weighted by Crippen LogP contribution is 2.33. The zero-order valence-electron chi connectivity index (χ0n) is 17.8. The van der Waals surface area contributed by atoms with Crippen molar-refractivity contribution in [3.8, 4) is 11.5 Å². The van der Waals surface area contributed by atoms with Crippen LogP contribution in [-0.2, 0) is 9.59 Å². The average Bonchev–Trinajstić information content (AvgIpc) is 2.66. The molecule has 0 fully saturated rings. The van der Waals surface area contributed by atoms with Gasteiger partial charge in [-0.3, -0.25) is 9.59 Å². The number of carbonyl (C=O) groups excluding carboxylic acids is 2. The molecule has 7 heteroatoms. The first-order chi connectivity index (χ1) is 14.2. The fraction of sp³-hybridized carbons (Fsp3) is 0.391. The van der Waals surface area contributed by atoms with Gasteiger partial charge in [0.05, 0.1) is 5.25 Å². The van der Waals surface area contributed by atoms with Crippen LogP contribution in [0.4, 0.5) is 11.4 Å². The molecule has 0 saturated heterocycles. The number of benzene rings is 2. The van der Waals surface area contributed by atoms with E-state index in [1.165, 1.54) is 11.8 Å². The second kappa shape index (κ2) is 9.43. The molecule has 1 aliphatic rings. The van der Waals surface area contributed by atoms with Crippen molar-refractivity contribution >= 4 is 35.0 Å². The van der Waals surface area contributed by atoms with Crippen LogP contribution in [0.25, 0.3) is 0 Å². The summed E-state index contributed by atoms with van der Waals surface area (Å²) in [7, 11) is 0. The largest absolute Gasteiger partial charge is 0.486 e. The predicted molar refractivity (Wildman–Crippen MR) is 121 cm³/mol. The summed E-state index contributed by atoms with van der Waals surface area (Å²) in [6.07, 6.45) is 0.443. The van der Waals surface area contributed by atoms with Crippen LogP contribution >= 0.6 is 11.8 Å². The minimum Gasteiger partial charge on any atom is -0.486 e. The molecule has 2 aromatic carbocycles. The quantitative estimate of drug-likeness (QED) is 0.637. The SMILES string of the molecule is CC(Sc1cccc(NC(=O)CC(C)(C)C)c1)C(=O)Nc1ccc2c(c1)OCCO2. The number of rotatable bonds is 6. The Morgan fingerprint density at radius 3 is 2.43 bits per heavy atom. The fourth-order valence-electron chi connectivity index (χ4n) is 2.96. The minimum absolute atomic E-state index is 0.0194. The highest BCUT2D eigenvalue weighted by Gasteiger charge is 2.18. The number of ether oxygens (including phenoxy) is 2. The molecule has 0 aromatic heterocycles. The lowest BCUT2D eigenvalue weighted by atomic mass is 9.92. The smallest absolute Gasteiger partial charge is 0.237 e. The van der Waals surface area contributed by atoms with E-state index in [2.05, 4.69) is 10.6 Å². The molecule has 1 heterocycles. The van der Waals surface area contributed by atoms with Crippen molar-refractivity contribution < 1.29 is 19.1 Å². The van der Waals surface area contributed by atoms with Gasteiger partial charge in [0.25, 0.3) is 0 Å². The molecular weight excluding hydrogens is 400 g/mol. The standard InChI is InChI=1S/C23H28N2O4S/c1-15(22(27)25-17-8-9-19-20(13-17)29-11-10-28-19)30-18-7-5-6-16(12-18)24-21(26)14-23(2,3)4/h5-9,12-13,15H,10-11,14H2,1-4H3,(H,24,26)(H,25,27). The van der Waals surface area contributed by atoms with Crippen LogP contribution < -0.4 is 20.1 Å². The number of thioether (sulfide) groups is 1. The summed E-state index contributed by atoms with van der Waals surface area (Å²) in [4.78, 5) is 25.7. The molecule has 3 rings (SSSR count). The van der Waals surface area contributed by atoms with Crippen LogP contribution in [0, 0.1) is 5.41 Å². The average molecular weight is 429 g/mol. The molecule has 2 aromatic rings. The highest BCUT2D eigenvalue weighted by molar-refractivity contribution is 8.00. The Labute approximate surface area is 181 Å². The van der Waals surface area contributed by atoms with Crippen molar-refractivity contribution in [1.29, 1.82) is 0 Å². The fourth-order valence-corrected chi connectivity index (χ4v) is 3.88. The minimum atomic E-state index is -0.321. The lowest BCUT2D eigenvalue weighted by molar-refractivity contribution is -0.118. The Hall–Kier alpha value is -2.67. The molecule has 0 saturated carbocycles. The molecule has 0 aliphatic carbocycles. The van der Waals surface area contributed by atoms with E-state index in [9.17, 15) is 9.59 Å². The summed E-state index contributed by atoms with van der Waals surface area (Å²) in [6, 6.07) is 12.9. The summed E-state index contributed by atoms with van der Waals surface area (Å²) in [5.74, 6) is 1.19. The van der Waals surface area contributed by atoms with E-state index < -0.39 is 0 Å². The third kappa shape index (κ3) is 6.42. The van der Waals surface area contributed by atoms with Crippen LogP contribution in [-0.4, -0.2) is 30.3 Å². The lowest BCUT2D eigenvalue weighted by Crippen LogP contribution is -2.23. The second-order valence-electron chi connectivity index (χ2n) is 8.42. The Balaban J connectivity index is 1.58. The summed E-state index contributed by atoms with van der Waals surface area (Å²) >= 11 is 1.43. The van der Waals surface area contributed by atoms with Gasteiger partial charge < -0.3 is 20.1 Å². The molecule has 0 bridgehead atoms. The monoisotopic (exact) mass is 428 g/mol. The van der Waals surface area contributed by atoms with Gasteiger partial charge in [-0.2, -0.15) is 0 Å². The van der Waals surface area contributed by atoms with Gasteiger partial charge in [-0.15, -0.1) is 11.8 Å². The van der Waals surface area contributed by atoms with Gasteiger partial charge >= 0.3 is 0 Å². The normalized spacial score (nSPS) is 14.0. The zero-order chi connectivity index (χ0) is 21.7. The van der Waals surface area contributed by atoms with Gasteiger partial charge in [-0.1, -0.05) is 26.8 Å². The van der Waals surface area contributed by atoms with Gasteiger partial charge in [0.1, 0.15) is 13.2 Å². The van der Waals surface area contributed by atoms with E-state index in [1.54, 1.807) is 18.2 Å². The van der Waals surface area contributed by atoms with Crippen molar-refractivity contribution in [1.82, 2.24) is 0 Å². The van der Waals surface area contributed by atoms with Gasteiger partial charge in [0.2, 0.25) is 11.8 Å². The molecule has 30 heavy (non-hydrogen) atoms. The molecule has 2 amide bonds. The van der Waals surface area contributed by atoms with E-state index in [0.717, 1.165) is 10.6 Å². The molecule has 6 nitrogen and oxygen atoms in total. The van der Waals surface area contributed by atoms with E-state index >= 15 is 0 Å². The van der Waals surface area contributed by atoms with Crippen molar-refractivity contribution in [2.24, 2.45) is 5.41 Å². The summed E-state index contributed by atoms with van der Waals surface area (Å²) in [5, 5.41) is 5.53. The number of anilines is 2. The number of fused-ring (bicyclic) bond motifs is 1. The maximum Gasteiger partial charge on any atom is 0.237 e. The third-order valence-electron chi connectivity index (χ3n) is 4.30. The van der Waals surface area contributed by atoms with Gasteiger partial charge in [0.15, 0.2) is 11.5 Å². The first kappa shape index (κ1) is 22.0. The van der Waals surface area contributed by atoms with Gasteiger partial charge in [-0.25, -0.2) is 0 Å². The summed E-state index contributed by atoms with van der Waals surface area (Å²) < 4.78 is 11.1. The Kier molecular flexibility index (Phi) is 6.92. The highest BCUT2D eigenvalue weighted by atomic mass is 32.2. The van der Waals surface area contributed by atoms with Crippen molar-refractivity contribution in [2.75, 3.05) is 23.8 Å². The van der Waals surface area contributed by atoms with Crippen molar-refractivity contribution in [3.63, 3.8) is 0 Å². The molecule has 0 spiro atoms. The molecular formula is C23H28N2O4S. The maximum atomic E-state index is 12.6. The maximum absolute atomic E-state index is 12.6. The summed E-state index contributed by atoms with van der Waals surface area (Å²) in [5.41, 5.74) is 1.32. The second-order valence-corrected chi connectivity index (χ2v) is 9.84. The molecule has 1 aliphatic heterocycles. The van der Waals surface area contributed by atoms with Crippen LogP contribution in [0.2, 0.25) is 0 Å². The number of carbonyl (C=O) groups is 2. The number of hydrogen-bond acceptors (Lipinski definition) is 5. The molecule has 0 radical (unpaired) electrons. The first-order valence-corrected chi connectivity index (χ1v) is 10.8. The summed E-state index contributed by atoms with van der Waals surface area (Å²) in [6.45, 7) is 8.97. The van der Waals surface area contributed by atoms with Crippen LogP contribution in [0.15, 0.2) is 47.4 Å². The Bertz CT molecular complexity index is 924. The van der Waals surface area contributed by atoms with E-state index in [1.807, 2.05) is 52.0 Å². The predicted octanol–water partition coefficient (Wildman–Crippen LogP) is 4.95. The number of hydrogen-bond donors (Lipinski definition) is 2. The molecule has 2 N–H and O–H groups in total. The van der Waals surface area contributed by atoms with Gasteiger partial charge in [-0.05, 0) is 42.7 Å². The van der Waals surface area contributed by atoms with Crippen LogP contribution in [0.1, 0.15) is 34.1 Å². The Morgan fingerprint density at radius 2 is 1.70 bits per heavy atom. The molecule has 1 atom stereocenters. The third-order valence-corrected chi connectivity index (χ3v) is 5.39. The number of nitrogens with one attached hydrogen (secondary N) is 2. The van der Waals surface area contributed by atoms with Crippen LogP contribution in [0.5, 0.6) is 11.5 Å². The van der Waals surface area contributed by atoms with E-state index in [-0.39, 0.29) is 22.5 Å². The van der Waals surface area contributed by atoms with E-state index in [0.29, 0.717) is 36.8 Å². The van der Waals surface area contributed by atoms with Gasteiger partial charge in [0, 0.05) is 28.8 Å². The van der Waals surface area contributed by atoms with Crippen molar-refractivity contribution in [2.45, 2.75) is 44.3 Å². The zero-order valence-corrected chi connectivity index (χ0v) is 18.6.